The average molecular weight is 743 g/mol. The summed E-state index contributed by atoms with van der Waals surface area (Å²) in [5, 5.41) is 10.4. The fourth-order valence-corrected chi connectivity index (χ4v) is 14.2. The van der Waals surface area contributed by atoms with E-state index in [1.54, 1.807) is 0 Å². The Morgan fingerprint density at radius 3 is 1.30 bits per heavy atom. The van der Waals surface area contributed by atoms with E-state index in [1.807, 2.05) is 0 Å². The highest BCUT2D eigenvalue weighted by Crippen LogP contribution is 2.41. The molecular weight excluding hydrogens is 705 g/mol. The third-order valence-electron chi connectivity index (χ3n) is 11.9. The minimum absolute atomic E-state index is 1.15. The van der Waals surface area contributed by atoms with E-state index in [2.05, 4.69) is 240 Å². The molecule has 11 aromatic rings. The van der Waals surface area contributed by atoms with Gasteiger partial charge in [-0.05, 0) is 68.8 Å². The van der Waals surface area contributed by atoms with Crippen LogP contribution in [0.25, 0.3) is 66.1 Å². The number of benzene rings is 9. The predicted molar refractivity (Wildman–Crippen MR) is 244 cm³/mol. The molecule has 0 spiro atoms. The van der Waals surface area contributed by atoms with Gasteiger partial charge in [0, 0.05) is 32.8 Å². The Balaban J connectivity index is 1.29. The molecule has 3 heteroatoms. The van der Waals surface area contributed by atoms with Gasteiger partial charge in [-0.3, -0.25) is 0 Å². The van der Waals surface area contributed by atoms with E-state index in [4.69, 9.17) is 0 Å². The lowest BCUT2D eigenvalue weighted by molar-refractivity contribution is 1.17. The van der Waals surface area contributed by atoms with Gasteiger partial charge in [-0.25, -0.2) is 0 Å². The van der Waals surface area contributed by atoms with Crippen LogP contribution in [0, 0.1) is 0 Å². The summed E-state index contributed by atoms with van der Waals surface area (Å²) in [7, 11) is -2.80. The molecule has 0 N–H and O–H groups in total. The Bertz CT molecular complexity index is 3110. The minimum atomic E-state index is -2.80. The molecule has 2 nitrogen and oxygen atoms in total. The lowest BCUT2D eigenvalue weighted by atomic mass is 10.0. The van der Waals surface area contributed by atoms with Crippen molar-refractivity contribution in [1.82, 2.24) is 9.13 Å². The molecule has 0 radical (unpaired) electrons. The van der Waals surface area contributed by atoms with Gasteiger partial charge in [-0.15, -0.1) is 0 Å². The van der Waals surface area contributed by atoms with Crippen molar-refractivity contribution in [2.75, 3.05) is 0 Å². The molecule has 0 aliphatic carbocycles. The standard InChI is InChI=1S/C54H38N2Si/c1-6-20-39(21-7-1)48-37-54-49(46-31-17-18-32-50(46)55(54)40-22-8-2-9-23-40)38-53(48)56-51-33-19-16-30-45(51)47-35-34-44(36-52(47)56)57(41-24-10-3-11-25-41,42-26-12-4-13-27-42)43-28-14-5-15-29-43/h1-38H. The monoisotopic (exact) mass is 742 g/mol. The van der Waals surface area contributed by atoms with Crippen LogP contribution in [0.2, 0.25) is 0 Å². The second-order valence-corrected chi connectivity index (χ2v) is 18.7. The molecule has 0 aliphatic rings. The number of fused-ring (bicyclic) bond motifs is 6. The number of para-hydroxylation sites is 3. The second kappa shape index (κ2) is 13.5. The molecule has 2 heterocycles. The third-order valence-corrected chi connectivity index (χ3v) is 16.6. The maximum absolute atomic E-state index is 2.80. The molecule has 2 aromatic heterocycles. The fourth-order valence-electron chi connectivity index (χ4n) is 9.42. The van der Waals surface area contributed by atoms with E-state index in [9.17, 15) is 0 Å². The van der Waals surface area contributed by atoms with Gasteiger partial charge in [0.25, 0.3) is 0 Å². The highest BCUT2D eigenvalue weighted by molar-refractivity contribution is 7.20. The van der Waals surface area contributed by atoms with Crippen LogP contribution in [0.15, 0.2) is 231 Å². The number of aromatic nitrogens is 2. The van der Waals surface area contributed by atoms with Crippen LogP contribution in [-0.4, -0.2) is 17.2 Å². The molecule has 57 heavy (non-hydrogen) atoms. The van der Waals surface area contributed by atoms with Gasteiger partial charge in [0.05, 0.1) is 27.8 Å². The third kappa shape index (κ3) is 5.17. The van der Waals surface area contributed by atoms with E-state index >= 15 is 0 Å². The first kappa shape index (κ1) is 33.2. The SMILES string of the molecule is c1ccc(-c2cc3c(cc2-n2c4ccccc4c4ccc([Si](c5ccccc5)(c5ccccc5)c5ccccc5)cc42)c2ccccc2n3-c2ccccc2)cc1. The van der Waals surface area contributed by atoms with Gasteiger partial charge in [0.15, 0.2) is 8.07 Å². The van der Waals surface area contributed by atoms with Crippen molar-refractivity contribution < 1.29 is 0 Å². The van der Waals surface area contributed by atoms with E-state index < -0.39 is 8.07 Å². The van der Waals surface area contributed by atoms with Crippen molar-refractivity contribution in [3.63, 3.8) is 0 Å². The van der Waals surface area contributed by atoms with Crippen molar-refractivity contribution >= 4 is 72.4 Å². The molecule has 0 amide bonds. The zero-order valence-corrected chi connectivity index (χ0v) is 32.3. The Hall–Kier alpha value is -7.20. The van der Waals surface area contributed by atoms with Crippen LogP contribution >= 0.6 is 0 Å². The predicted octanol–water partition coefficient (Wildman–Crippen LogP) is 10.9. The van der Waals surface area contributed by atoms with E-state index in [0.717, 1.165) is 5.69 Å². The largest absolute Gasteiger partial charge is 0.309 e. The number of rotatable bonds is 7. The Morgan fingerprint density at radius 2 is 0.719 bits per heavy atom. The molecule has 11 rings (SSSR count). The maximum atomic E-state index is 2.55. The highest BCUT2D eigenvalue weighted by atomic mass is 28.3. The van der Waals surface area contributed by atoms with Crippen LogP contribution in [-0.2, 0) is 0 Å². The normalized spacial score (nSPS) is 11.9. The van der Waals surface area contributed by atoms with Gasteiger partial charge in [0.2, 0.25) is 0 Å². The first-order chi connectivity index (χ1) is 28.3. The minimum Gasteiger partial charge on any atom is -0.309 e. The van der Waals surface area contributed by atoms with E-state index in [1.165, 1.54) is 81.2 Å². The summed E-state index contributed by atoms with van der Waals surface area (Å²) in [5.74, 6) is 0. The average Bonchev–Trinajstić information content (AvgIpc) is 3.80. The Labute approximate surface area is 333 Å². The first-order valence-corrected chi connectivity index (χ1v) is 21.7. The summed E-state index contributed by atoms with van der Waals surface area (Å²) in [6.07, 6.45) is 0. The van der Waals surface area contributed by atoms with Gasteiger partial charge in [0.1, 0.15) is 0 Å². The lowest BCUT2D eigenvalue weighted by Gasteiger charge is -2.34. The van der Waals surface area contributed by atoms with Crippen LogP contribution in [0.1, 0.15) is 0 Å². The number of nitrogens with zero attached hydrogens (tertiary/aromatic N) is 2. The smallest absolute Gasteiger partial charge is 0.179 e. The molecule has 0 aliphatic heterocycles. The molecule has 0 unspecified atom stereocenters. The van der Waals surface area contributed by atoms with Crippen molar-refractivity contribution in [1.29, 1.82) is 0 Å². The summed E-state index contributed by atoms with van der Waals surface area (Å²) < 4.78 is 4.97. The van der Waals surface area contributed by atoms with E-state index in [0.29, 0.717) is 0 Å². The summed E-state index contributed by atoms with van der Waals surface area (Å²) >= 11 is 0. The fraction of sp³-hybridized carbons (Fsp3) is 0. The molecule has 0 fully saturated rings. The van der Waals surface area contributed by atoms with Gasteiger partial charge in [-0.1, -0.05) is 188 Å². The first-order valence-electron chi connectivity index (χ1n) is 19.7. The highest BCUT2D eigenvalue weighted by Gasteiger charge is 2.41. The summed E-state index contributed by atoms with van der Waals surface area (Å²) in [5.41, 5.74) is 9.48. The maximum Gasteiger partial charge on any atom is 0.179 e. The zero-order valence-electron chi connectivity index (χ0n) is 31.3. The van der Waals surface area contributed by atoms with Crippen molar-refractivity contribution in [2.24, 2.45) is 0 Å². The van der Waals surface area contributed by atoms with Gasteiger partial charge < -0.3 is 9.13 Å². The molecule has 0 atom stereocenters. The summed E-state index contributed by atoms with van der Waals surface area (Å²) in [6.45, 7) is 0. The number of hydrogen-bond donors (Lipinski definition) is 0. The Morgan fingerprint density at radius 1 is 0.281 bits per heavy atom. The molecule has 0 saturated heterocycles. The molecule has 0 bridgehead atoms. The second-order valence-electron chi connectivity index (χ2n) is 14.9. The Kier molecular flexibility index (Phi) is 7.87. The topological polar surface area (TPSA) is 9.86 Å². The van der Waals surface area contributed by atoms with Crippen LogP contribution < -0.4 is 20.7 Å². The molecule has 0 saturated carbocycles. The zero-order chi connectivity index (χ0) is 37.8. The molecule has 9 aromatic carbocycles. The summed E-state index contributed by atoms with van der Waals surface area (Å²) in [6, 6.07) is 85.3. The summed E-state index contributed by atoms with van der Waals surface area (Å²) in [4.78, 5) is 0. The van der Waals surface area contributed by atoms with Crippen molar-refractivity contribution in [3.05, 3.63) is 231 Å². The van der Waals surface area contributed by atoms with Crippen LogP contribution in [0.3, 0.4) is 0 Å². The van der Waals surface area contributed by atoms with Crippen molar-refractivity contribution in [2.45, 2.75) is 0 Å². The van der Waals surface area contributed by atoms with Gasteiger partial charge in [-0.2, -0.15) is 0 Å². The molecular formula is C54H38N2Si. The van der Waals surface area contributed by atoms with Crippen LogP contribution in [0.4, 0.5) is 0 Å². The quantitative estimate of drug-likeness (QED) is 0.114. The molecule has 268 valence electrons. The lowest BCUT2D eigenvalue weighted by Crippen LogP contribution is -2.74. The van der Waals surface area contributed by atoms with Gasteiger partial charge >= 0.3 is 0 Å². The number of hydrogen-bond acceptors (Lipinski definition) is 0. The van der Waals surface area contributed by atoms with Crippen molar-refractivity contribution in [3.8, 4) is 22.5 Å². The van der Waals surface area contributed by atoms with E-state index in [-0.39, 0.29) is 0 Å². The van der Waals surface area contributed by atoms with Crippen LogP contribution in [0.5, 0.6) is 0 Å².